The number of fused-ring (bicyclic) bond motifs is 1. The molecule has 0 spiro atoms. The van der Waals surface area contributed by atoms with Crippen LogP contribution in [0.1, 0.15) is 31.9 Å². The molecule has 0 aliphatic carbocycles. The molecule has 0 bridgehead atoms. The van der Waals surface area contributed by atoms with Crippen molar-refractivity contribution in [3.8, 4) is 17.2 Å². The van der Waals surface area contributed by atoms with E-state index in [2.05, 4.69) is 19.2 Å². The third kappa shape index (κ3) is 6.59. The number of halogens is 1. The van der Waals surface area contributed by atoms with E-state index in [4.69, 9.17) is 14.2 Å². The van der Waals surface area contributed by atoms with Crippen molar-refractivity contribution in [2.45, 2.75) is 26.3 Å². The maximum Gasteiger partial charge on any atom is 0.234 e. The number of likely N-dealkylation sites (N-methyl/N-ethyl adjacent to an activating group) is 1. The molecule has 1 heterocycles. The molecule has 0 radical (unpaired) electrons. The van der Waals surface area contributed by atoms with Gasteiger partial charge in [0.1, 0.15) is 6.61 Å². The molecule has 1 aliphatic rings. The molecule has 0 fully saturated rings. The lowest BCUT2D eigenvalue weighted by Gasteiger charge is -2.25. The summed E-state index contributed by atoms with van der Waals surface area (Å²) in [6.45, 7) is 6.41. The SMILES string of the molecule is CC(C)C(NC(=O)CN(C)CCOc1ccccc1F)c1ccc2c(c1)OCCCO2. The Morgan fingerprint density at radius 3 is 2.65 bits per heavy atom. The first-order chi connectivity index (χ1) is 14.9. The van der Waals surface area contributed by atoms with Gasteiger partial charge in [-0.1, -0.05) is 32.0 Å². The van der Waals surface area contributed by atoms with Crippen LogP contribution in [0.15, 0.2) is 42.5 Å². The van der Waals surface area contributed by atoms with E-state index in [-0.39, 0.29) is 30.2 Å². The summed E-state index contributed by atoms with van der Waals surface area (Å²) in [6.07, 6.45) is 0.849. The number of carbonyl (C=O) groups is 1. The molecule has 1 amide bonds. The van der Waals surface area contributed by atoms with Crippen molar-refractivity contribution in [2.75, 3.05) is 40.0 Å². The number of hydrogen-bond acceptors (Lipinski definition) is 5. The molecule has 0 saturated carbocycles. The van der Waals surface area contributed by atoms with Gasteiger partial charge in [-0.05, 0) is 42.8 Å². The number of para-hydroxylation sites is 1. The van der Waals surface area contributed by atoms with Gasteiger partial charge in [-0.15, -0.1) is 0 Å². The van der Waals surface area contributed by atoms with Gasteiger partial charge in [-0.3, -0.25) is 9.69 Å². The van der Waals surface area contributed by atoms with Crippen LogP contribution in [0.2, 0.25) is 0 Å². The smallest absolute Gasteiger partial charge is 0.234 e. The quantitative estimate of drug-likeness (QED) is 0.656. The molecule has 1 aliphatic heterocycles. The predicted molar refractivity (Wildman–Crippen MR) is 117 cm³/mol. The van der Waals surface area contributed by atoms with E-state index in [1.165, 1.54) is 6.07 Å². The number of ether oxygens (including phenoxy) is 3. The highest BCUT2D eigenvalue weighted by atomic mass is 19.1. The van der Waals surface area contributed by atoms with E-state index in [0.29, 0.717) is 26.4 Å². The number of carbonyl (C=O) groups excluding carboxylic acids is 1. The molecule has 0 saturated heterocycles. The summed E-state index contributed by atoms with van der Waals surface area (Å²) >= 11 is 0. The standard InChI is InChI=1S/C24H31FN2O4/c1-17(2)24(18-9-10-21-22(15-18)30-13-6-12-29-21)26-23(28)16-27(3)11-14-31-20-8-5-4-7-19(20)25/h4-5,7-10,15,17,24H,6,11-14,16H2,1-3H3,(H,26,28). The minimum absolute atomic E-state index is 0.0841. The van der Waals surface area contributed by atoms with E-state index in [1.54, 1.807) is 18.2 Å². The normalized spacial score (nSPS) is 14.3. The van der Waals surface area contributed by atoms with E-state index < -0.39 is 5.82 Å². The van der Waals surface area contributed by atoms with E-state index in [0.717, 1.165) is 23.5 Å². The molecule has 2 aromatic carbocycles. The molecule has 0 aromatic heterocycles. The molecular formula is C24H31FN2O4. The summed E-state index contributed by atoms with van der Waals surface area (Å²) < 4.78 is 30.6. The minimum atomic E-state index is -0.391. The van der Waals surface area contributed by atoms with Gasteiger partial charge in [0.05, 0.1) is 25.8 Å². The number of nitrogens with zero attached hydrogens (tertiary/aromatic N) is 1. The molecule has 1 unspecified atom stereocenters. The van der Waals surface area contributed by atoms with Crippen molar-refractivity contribution in [1.29, 1.82) is 0 Å². The van der Waals surface area contributed by atoms with Gasteiger partial charge in [0.2, 0.25) is 5.91 Å². The molecule has 168 valence electrons. The van der Waals surface area contributed by atoms with Gasteiger partial charge < -0.3 is 19.5 Å². The number of nitrogens with one attached hydrogen (secondary N) is 1. The zero-order chi connectivity index (χ0) is 22.2. The Hall–Kier alpha value is -2.80. The maximum absolute atomic E-state index is 13.6. The van der Waals surface area contributed by atoms with Gasteiger partial charge in [-0.2, -0.15) is 0 Å². The van der Waals surface area contributed by atoms with Gasteiger partial charge in [0.15, 0.2) is 23.1 Å². The summed E-state index contributed by atoms with van der Waals surface area (Å²) in [7, 11) is 1.84. The second-order valence-corrected chi connectivity index (χ2v) is 8.06. The third-order valence-corrected chi connectivity index (χ3v) is 5.09. The summed E-state index contributed by atoms with van der Waals surface area (Å²) in [5.74, 6) is 1.40. The molecule has 7 heteroatoms. The summed E-state index contributed by atoms with van der Waals surface area (Å²) in [5.41, 5.74) is 0.984. The Morgan fingerprint density at radius 1 is 1.16 bits per heavy atom. The topological polar surface area (TPSA) is 60.0 Å². The fraction of sp³-hybridized carbons (Fsp3) is 0.458. The first-order valence-electron chi connectivity index (χ1n) is 10.7. The van der Waals surface area contributed by atoms with Crippen LogP contribution >= 0.6 is 0 Å². The molecule has 6 nitrogen and oxygen atoms in total. The zero-order valence-corrected chi connectivity index (χ0v) is 18.4. The number of rotatable bonds is 9. The molecule has 31 heavy (non-hydrogen) atoms. The average Bonchev–Trinajstić information content (AvgIpc) is 2.98. The minimum Gasteiger partial charge on any atom is -0.490 e. The molecule has 1 N–H and O–H groups in total. The summed E-state index contributed by atoms with van der Waals surface area (Å²) in [4.78, 5) is 14.5. The average molecular weight is 431 g/mol. The number of hydrogen-bond donors (Lipinski definition) is 1. The van der Waals surface area contributed by atoms with Crippen molar-refractivity contribution >= 4 is 5.91 Å². The lowest BCUT2D eigenvalue weighted by atomic mass is 9.95. The Morgan fingerprint density at radius 2 is 1.90 bits per heavy atom. The van der Waals surface area contributed by atoms with Gasteiger partial charge in [0, 0.05) is 13.0 Å². The molecule has 1 atom stereocenters. The lowest BCUT2D eigenvalue weighted by Crippen LogP contribution is -2.40. The molecular weight excluding hydrogens is 399 g/mol. The first kappa shape index (κ1) is 22.9. The van der Waals surface area contributed by atoms with Crippen molar-refractivity contribution in [1.82, 2.24) is 10.2 Å². The van der Waals surface area contributed by atoms with Gasteiger partial charge in [0.25, 0.3) is 0 Å². The van der Waals surface area contributed by atoms with Crippen molar-refractivity contribution in [3.63, 3.8) is 0 Å². The second kappa shape index (κ2) is 11.0. The zero-order valence-electron chi connectivity index (χ0n) is 18.4. The Kier molecular flexibility index (Phi) is 8.12. The van der Waals surface area contributed by atoms with Crippen LogP contribution in [-0.2, 0) is 4.79 Å². The van der Waals surface area contributed by atoms with Crippen LogP contribution in [0.3, 0.4) is 0 Å². The Bertz CT molecular complexity index is 874. The fourth-order valence-electron chi connectivity index (χ4n) is 3.42. The second-order valence-electron chi connectivity index (χ2n) is 8.06. The highest BCUT2D eigenvalue weighted by Gasteiger charge is 2.21. The van der Waals surface area contributed by atoms with Crippen molar-refractivity contribution < 1.29 is 23.4 Å². The van der Waals surface area contributed by atoms with Crippen molar-refractivity contribution in [2.24, 2.45) is 5.92 Å². The molecule has 3 rings (SSSR count). The largest absolute Gasteiger partial charge is 0.490 e. The van der Waals surface area contributed by atoms with Crippen LogP contribution in [0.25, 0.3) is 0 Å². The van der Waals surface area contributed by atoms with Crippen LogP contribution in [0.4, 0.5) is 4.39 Å². The third-order valence-electron chi connectivity index (χ3n) is 5.09. The number of amides is 1. The molecule has 2 aromatic rings. The highest BCUT2D eigenvalue weighted by Crippen LogP contribution is 2.34. The van der Waals surface area contributed by atoms with Crippen LogP contribution in [0.5, 0.6) is 17.2 Å². The van der Waals surface area contributed by atoms with E-state index >= 15 is 0 Å². The maximum atomic E-state index is 13.6. The Balaban J connectivity index is 1.53. The lowest BCUT2D eigenvalue weighted by molar-refractivity contribution is -0.123. The summed E-state index contributed by atoms with van der Waals surface area (Å²) in [6, 6.07) is 12.0. The summed E-state index contributed by atoms with van der Waals surface area (Å²) in [5, 5.41) is 3.13. The predicted octanol–water partition coefficient (Wildman–Crippen LogP) is 3.81. The van der Waals surface area contributed by atoms with Gasteiger partial charge in [-0.25, -0.2) is 4.39 Å². The van der Waals surface area contributed by atoms with Crippen LogP contribution in [0, 0.1) is 11.7 Å². The van der Waals surface area contributed by atoms with Crippen LogP contribution < -0.4 is 19.5 Å². The fourth-order valence-corrected chi connectivity index (χ4v) is 3.42. The monoisotopic (exact) mass is 430 g/mol. The van der Waals surface area contributed by atoms with Gasteiger partial charge >= 0.3 is 0 Å². The van der Waals surface area contributed by atoms with Crippen LogP contribution in [-0.4, -0.2) is 50.8 Å². The van der Waals surface area contributed by atoms with E-state index in [1.807, 2.05) is 30.1 Å². The highest BCUT2D eigenvalue weighted by molar-refractivity contribution is 5.78. The number of benzene rings is 2. The van der Waals surface area contributed by atoms with Crippen molar-refractivity contribution in [3.05, 3.63) is 53.8 Å². The van der Waals surface area contributed by atoms with E-state index in [9.17, 15) is 9.18 Å². The first-order valence-corrected chi connectivity index (χ1v) is 10.7. The Labute approximate surface area is 183 Å².